The summed E-state index contributed by atoms with van der Waals surface area (Å²) in [6.07, 6.45) is 1.90. The van der Waals surface area contributed by atoms with E-state index in [1.165, 1.54) is 4.68 Å². The van der Waals surface area contributed by atoms with E-state index in [1.807, 2.05) is 36.4 Å². The number of fused-ring (bicyclic) bond motifs is 1. The maximum absolute atomic E-state index is 13.0. The first-order valence-corrected chi connectivity index (χ1v) is 10.5. The van der Waals surface area contributed by atoms with Crippen molar-refractivity contribution in [1.29, 1.82) is 0 Å². The number of benzene rings is 2. The van der Waals surface area contributed by atoms with Gasteiger partial charge in [-0.15, -0.1) is 10.2 Å². The maximum atomic E-state index is 13.0. The molecule has 0 amide bonds. The molecule has 0 radical (unpaired) electrons. The quantitative estimate of drug-likeness (QED) is 0.348. The Hall–Kier alpha value is -3.55. The monoisotopic (exact) mass is 463 g/mol. The van der Waals surface area contributed by atoms with Crippen LogP contribution in [0.3, 0.4) is 0 Å². The Morgan fingerprint density at radius 1 is 0.906 bits per heavy atom. The van der Waals surface area contributed by atoms with E-state index in [4.69, 9.17) is 27.6 Å². The predicted octanol–water partition coefficient (Wildman–Crippen LogP) is 4.79. The normalized spacial score (nSPS) is 11.2. The van der Waals surface area contributed by atoms with Gasteiger partial charge in [-0.3, -0.25) is 4.79 Å². The van der Waals surface area contributed by atoms with Crippen LogP contribution in [0.4, 0.5) is 0 Å². The van der Waals surface area contributed by atoms with E-state index in [2.05, 4.69) is 20.3 Å². The standard InChI is InChI=1S/C23H15Cl2N5O2/c24-16-8-6-15(7-9-16)22-28-27-21(32-22)11-19-17-3-1-2-4-18(17)23(31)30(29-19)13-14-5-10-20(25)26-12-14/h1-10,12H,11,13H2. The van der Waals surface area contributed by atoms with Gasteiger partial charge >= 0.3 is 0 Å². The maximum Gasteiger partial charge on any atom is 0.274 e. The van der Waals surface area contributed by atoms with Crippen molar-refractivity contribution in [3.8, 4) is 11.5 Å². The highest BCUT2D eigenvalue weighted by atomic mass is 35.5. The van der Waals surface area contributed by atoms with Gasteiger partial charge in [0.1, 0.15) is 5.15 Å². The van der Waals surface area contributed by atoms with Gasteiger partial charge in [0, 0.05) is 22.2 Å². The molecular weight excluding hydrogens is 449 g/mol. The van der Waals surface area contributed by atoms with Crippen molar-refractivity contribution in [2.75, 3.05) is 0 Å². The number of nitrogens with zero attached hydrogens (tertiary/aromatic N) is 5. The van der Waals surface area contributed by atoms with Crippen molar-refractivity contribution in [2.24, 2.45) is 0 Å². The fraction of sp³-hybridized carbons (Fsp3) is 0.0870. The van der Waals surface area contributed by atoms with E-state index in [0.717, 1.165) is 16.5 Å². The summed E-state index contributed by atoms with van der Waals surface area (Å²) < 4.78 is 7.26. The highest BCUT2D eigenvalue weighted by molar-refractivity contribution is 6.30. The lowest BCUT2D eigenvalue weighted by molar-refractivity contribution is 0.512. The topological polar surface area (TPSA) is 86.7 Å². The van der Waals surface area contributed by atoms with Crippen molar-refractivity contribution in [3.63, 3.8) is 0 Å². The minimum absolute atomic E-state index is 0.188. The molecule has 3 aromatic heterocycles. The zero-order chi connectivity index (χ0) is 22.1. The summed E-state index contributed by atoms with van der Waals surface area (Å²) in [5.74, 6) is 0.785. The second-order valence-electron chi connectivity index (χ2n) is 7.13. The van der Waals surface area contributed by atoms with Gasteiger partial charge in [0.15, 0.2) is 0 Å². The molecular formula is C23H15Cl2N5O2. The molecule has 0 atom stereocenters. The first-order valence-electron chi connectivity index (χ1n) is 9.74. The Balaban J connectivity index is 1.52. The van der Waals surface area contributed by atoms with Crippen LogP contribution in [0.1, 0.15) is 17.1 Å². The third-order valence-electron chi connectivity index (χ3n) is 4.94. The molecule has 0 aliphatic rings. The molecule has 32 heavy (non-hydrogen) atoms. The molecule has 5 aromatic rings. The van der Waals surface area contributed by atoms with Gasteiger partial charge in [-0.1, -0.05) is 47.5 Å². The van der Waals surface area contributed by atoms with Crippen LogP contribution in [0.2, 0.25) is 10.2 Å². The minimum Gasteiger partial charge on any atom is -0.420 e. The fourth-order valence-electron chi connectivity index (χ4n) is 3.39. The molecule has 3 heterocycles. The van der Waals surface area contributed by atoms with Crippen LogP contribution in [0, 0.1) is 0 Å². The van der Waals surface area contributed by atoms with Gasteiger partial charge in [0.05, 0.1) is 24.0 Å². The number of aromatic nitrogens is 5. The van der Waals surface area contributed by atoms with Gasteiger partial charge in [-0.2, -0.15) is 5.10 Å². The Kier molecular flexibility index (Phi) is 5.43. The Bertz CT molecular complexity index is 1460. The summed E-state index contributed by atoms with van der Waals surface area (Å²) in [6.45, 7) is 0.265. The molecule has 0 saturated heterocycles. The zero-order valence-electron chi connectivity index (χ0n) is 16.6. The van der Waals surface area contributed by atoms with Crippen LogP contribution in [0.25, 0.3) is 22.2 Å². The molecule has 0 bridgehead atoms. The molecule has 5 rings (SSSR count). The summed E-state index contributed by atoms with van der Waals surface area (Å²) in [7, 11) is 0. The first-order chi connectivity index (χ1) is 15.6. The molecule has 0 saturated carbocycles. The van der Waals surface area contributed by atoms with Crippen molar-refractivity contribution >= 4 is 34.0 Å². The van der Waals surface area contributed by atoms with Gasteiger partial charge in [0.2, 0.25) is 11.8 Å². The van der Waals surface area contributed by atoms with E-state index in [-0.39, 0.29) is 18.5 Å². The van der Waals surface area contributed by atoms with Gasteiger partial charge in [-0.05, 0) is 42.0 Å². The average molecular weight is 464 g/mol. The van der Waals surface area contributed by atoms with Crippen molar-refractivity contribution in [1.82, 2.24) is 25.0 Å². The van der Waals surface area contributed by atoms with Crippen molar-refractivity contribution in [2.45, 2.75) is 13.0 Å². The summed E-state index contributed by atoms with van der Waals surface area (Å²) in [5.41, 5.74) is 2.05. The van der Waals surface area contributed by atoms with Crippen LogP contribution in [0.5, 0.6) is 0 Å². The number of hydrogen-bond acceptors (Lipinski definition) is 6. The summed E-state index contributed by atoms with van der Waals surface area (Å²) in [5, 5.41) is 15.2. The summed E-state index contributed by atoms with van der Waals surface area (Å²) in [6, 6.07) is 18.0. The first kappa shape index (κ1) is 20.4. The van der Waals surface area contributed by atoms with E-state index < -0.39 is 0 Å². The fourth-order valence-corrected chi connectivity index (χ4v) is 3.63. The van der Waals surface area contributed by atoms with Gasteiger partial charge in [0.25, 0.3) is 5.56 Å². The van der Waals surface area contributed by atoms with Crippen LogP contribution >= 0.6 is 23.2 Å². The Morgan fingerprint density at radius 2 is 1.69 bits per heavy atom. The molecule has 0 fully saturated rings. The Labute approximate surface area is 192 Å². The molecule has 0 aliphatic carbocycles. The number of hydrogen-bond donors (Lipinski definition) is 0. The SMILES string of the molecule is O=c1c2ccccc2c(Cc2nnc(-c3ccc(Cl)cc3)o2)nn1Cc1ccc(Cl)nc1. The smallest absolute Gasteiger partial charge is 0.274 e. The second kappa shape index (κ2) is 8.53. The van der Waals surface area contributed by atoms with Crippen LogP contribution in [-0.4, -0.2) is 25.0 Å². The molecule has 2 aromatic carbocycles. The molecule has 158 valence electrons. The van der Waals surface area contributed by atoms with Crippen LogP contribution in [0.15, 0.2) is 76.1 Å². The molecule has 7 nitrogen and oxygen atoms in total. The highest BCUT2D eigenvalue weighted by Gasteiger charge is 2.15. The highest BCUT2D eigenvalue weighted by Crippen LogP contribution is 2.22. The minimum atomic E-state index is -0.188. The average Bonchev–Trinajstić information content (AvgIpc) is 3.27. The Morgan fingerprint density at radius 3 is 2.44 bits per heavy atom. The van der Waals surface area contributed by atoms with Gasteiger partial charge in [-0.25, -0.2) is 9.67 Å². The molecule has 0 aliphatic heterocycles. The van der Waals surface area contributed by atoms with E-state index in [1.54, 1.807) is 30.5 Å². The van der Waals surface area contributed by atoms with E-state index >= 15 is 0 Å². The number of rotatable bonds is 5. The molecule has 0 N–H and O–H groups in total. The lowest BCUT2D eigenvalue weighted by atomic mass is 10.1. The summed E-state index contributed by atoms with van der Waals surface area (Å²) in [4.78, 5) is 17.1. The number of halogens is 2. The van der Waals surface area contributed by atoms with Crippen molar-refractivity contribution in [3.05, 3.63) is 105 Å². The van der Waals surface area contributed by atoms with E-state index in [0.29, 0.717) is 33.0 Å². The lowest BCUT2D eigenvalue weighted by Gasteiger charge is -2.10. The van der Waals surface area contributed by atoms with Crippen molar-refractivity contribution < 1.29 is 4.42 Å². The summed E-state index contributed by atoms with van der Waals surface area (Å²) >= 11 is 11.8. The van der Waals surface area contributed by atoms with Gasteiger partial charge < -0.3 is 4.42 Å². The van der Waals surface area contributed by atoms with Crippen LogP contribution in [-0.2, 0) is 13.0 Å². The molecule has 9 heteroatoms. The van der Waals surface area contributed by atoms with E-state index in [9.17, 15) is 4.79 Å². The predicted molar refractivity (Wildman–Crippen MR) is 122 cm³/mol. The second-order valence-corrected chi connectivity index (χ2v) is 7.95. The molecule has 0 spiro atoms. The largest absolute Gasteiger partial charge is 0.420 e. The molecule has 0 unspecified atom stereocenters. The zero-order valence-corrected chi connectivity index (χ0v) is 18.1. The third-order valence-corrected chi connectivity index (χ3v) is 5.42. The third kappa shape index (κ3) is 4.12. The van der Waals surface area contributed by atoms with Crippen LogP contribution < -0.4 is 5.56 Å². The lowest BCUT2D eigenvalue weighted by Crippen LogP contribution is -2.25. The number of pyridine rings is 1.